The van der Waals surface area contributed by atoms with Crippen LogP contribution in [0, 0.1) is 6.92 Å². The summed E-state index contributed by atoms with van der Waals surface area (Å²) in [5.74, 6) is 0.701. The Morgan fingerprint density at radius 3 is 2.41 bits per heavy atom. The van der Waals surface area contributed by atoms with Crippen LogP contribution in [-0.4, -0.2) is 63.4 Å². The lowest BCUT2D eigenvalue weighted by molar-refractivity contribution is -0.118. The highest BCUT2D eigenvalue weighted by molar-refractivity contribution is 7.99. The number of benzene rings is 2. The summed E-state index contributed by atoms with van der Waals surface area (Å²) in [4.78, 5) is 22.8. The van der Waals surface area contributed by atoms with Crippen molar-refractivity contribution in [3.8, 4) is 0 Å². The van der Waals surface area contributed by atoms with Crippen LogP contribution in [0.3, 0.4) is 0 Å². The molecule has 0 fully saturated rings. The SMILES string of the molecule is Cc1ccc(SCCC(=O)N(CCN(C)C)c2nc3ccc(S(C)(=O)=O)cc3s2)cc1.Cl. The van der Waals surface area contributed by atoms with Crippen LogP contribution in [0.5, 0.6) is 0 Å². The molecule has 1 heterocycles. The van der Waals surface area contributed by atoms with E-state index in [1.165, 1.54) is 23.2 Å². The average molecular weight is 514 g/mol. The summed E-state index contributed by atoms with van der Waals surface area (Å²) >= 11 is 3.01. The zero-order chi connectivity index (χ0) is 22.6. The Balaban J connectivity index is 0.00000363. The fourth-order valence-electron chi connectivity index (χ4n) is 2.89. The van der Waals surface area contributed by atoms with Crippen LogP contribution >= 0.6 is 35.5 Å². The number of amides is 1. The van der Waals surface area contributed by atoms with Gasteiger partial charge in [-0.2, -0.15) is 0 Å². The molecule has 0 unspecified atom stereocenters. The number of carbonyl (C=O) groups excluding carboxylic acids is 1. The number of sulfone groups is 1. The van der Waals surface area contributed by atoms with E-state index in [4.69, 9.17) is 0 Å². The third-order valence-electron chi connectivity index (χ3n) is 4.69. The average Bonchev–Trinajstić information content (AvgIpc) is 3.11. The highest BCUT2D eigenvalue weighted by Gasteiger charge is 2.20. The van der Waals surface area contributed by atoms with Gasteiger partial charge in [0.05, 0.1) is 15.1 Å². The summed E-state index contributed by atoms with van der Waals surface area (Å²) in [5, 5.41) is 0.604. The summed E-state index contributed by atoms with van der Waals surface area (Å²) in [7, 11) is 0.635. The fourth-order valence-corrected chi connectivity index (χ4v) is 5.50. The Hall–Kier alpha value is -1.65. The van der Waals surface area contributed by atoms with Crippen LogP contribution in [0.2, 0.25) is 0 Å². The van der Waals surface area contributed by atoms with Gasteiger partial charge in [-0.15, -0.1) is 24.2 Å². The van der Waals surface area contributed by atoms with E-state index in [0.717, 1.165) is 9.60 Å². The number of halogens is 1. The summed E-state index contributed by atoms with van der Waals surface area (Å²) in [5.41, 5.74) is 1.91. The van der Waals surface area contributed by atoms with Gasteiger partial charge in [0, 0.05) is 36.4 Å². The zero-order valence-corrected chi connectivity index (χ0v) is 21.8. The van der Waals surface area contributed by atoms with Crippen LogP contribution in [0.4, 0.5) is 5.13 Å². The molecule has 0 aliphatic rings. The van der Waals surface area contributed by atoms with Crippen molar-refractivity contribution in [1.29, 1.82) is 0 Å². The number of fused-ring (bicyclic) bond motifs is 1. The lowest BCUT2D eigenvalue weighted by Crippen LogP contribution is -2.36. The highest BCUT2D eigenvalue weighted by Crippen LogP contribution is 2.31. The van der Waals surface area contributed by atoms with E-state index in [9.17, 15) is 13.2 Å². The molecular formula is C22H28ClN3O3S3. The van der Waals surface area contributed by atoms with Crippen molar-refractivity contribution in [2.75, 3.05) is 44.1 Å². The first kappa shape index (κ1) is 26.6. The monoisotopic (exact) mass is 513 g/mol. The molecule has 6 nitrogen and oxygen atoms in total. The minimum absolute atomic E-state index is 0. The number of nitrogens with zero attached hydrogens (tertiary/aromatic N) is 3. The van der Waals surface area contributed by atoms with Crippen molar-refractivity contribution >= 4 is 66.6 Å². The maximum Gasteiger partial charge on any atom is 0.229 e. The first-order valence-electron chi connectivity index (χ1n) is 9.89. The summed E-state index contributed by atoms with van der Waals surface area (Å²) < 4.78 is 24.5. The number of rotatable bonds is 9. The first-order chi connectivity index (χ1) is 14.6. The second-order valence-electron chi connectivity index (χ2n) is 7.66. The molecule has 2 aromatic carbocycles. The largest absolute Gasteiger partial charge is 0.308 e. The molecule has 3 rings (SSSR count). The Morgan fingerprint density at radius 1 is 1.09 bits per heavy atom. The number of hydrogen-bond acceptors (Lipinski definition) is 7. The van der Waals surface area contributed by atoms with Crippen molar-refractivity contribution in [3.63, 3.8) is 0 Å². The van der Waals surface area contributed by atoms with Crippen LogP contribution in [-0.2, 0) is 14.6 Å². The van der Waals surface area contributed by atoms with E-state index in [1.54, 1.807) is 34.9 Å². The fraction of sp³-hybridized carbons (Fsp3) is 0.364. The Morgan fingerprint density at radius 2 is 1.78 bits per heavy atom. The topological polar surface area (TPSA) is 70.6 Å². The van der Waals surface area contributed by atoms with Crippen molar-refractivity contribution < 1.29 is 13.2 Å². The number of aryl methyl sites for hydroxylation is 1. The maximum atomic E-state index is 13.1. The number of carbonyl (C=O) groups is 1. The number of thiazole rings is 1. The van der Waals surface area contributed by atoms with Gasteiger partial charge in [0.25, 0.3) is 0 Å². The number of aromatic nitrogens is 1. The molecule has 0 aliphatic heterocycles. The minimum atomic E-state index is -3.30. The van der Waals surface area contributed by atoms with Gasteiger partial charge in [-0.1, -0.05) is 29.0 Å². The first-order valence-corrected chi connectivity index (χ1v) is 13.6. The predicted octanol–water partition coefficient (Wildman–Crippen LogP) is 4.51. The van der Waals surface area contributed by atoms with Gasteiger partial charge in [0.15, 0.2) is 15.0 Å². The normalized spacial score (nSPS) is 11.5. The predicted molar refractivity (Wildman–Crippen MR) is 137 cm³/mol. The van der Waals surface area contributed by atoms with Gasteiger partial charge in [-0.25, -0.2) is 13.4 Å². The lowest BCUT2D eigenvalue weighted by Gasteiger charge is -2.22. The van der Waals surface area contributed by atoms with Gasteiger partial charge in [0.2, 0.25) is 5.91 Å². The summed E-state index contributed by atoms with van der Waals surface area (Å²) in [6.07, 6.45) is 1.59. The number of anilines is 1. The molecule has 0 saturated carbocycles. The van der Waals surface area contributed by atoms with Crippen LogP contribution in [0.25, 0.3) is 10.2 Å². The zero-order valence-electron chi connectivity index (χ0n) is 18.6. The number of hydrogen-bond donors (Lipinski definition) is 0. The van der Waals surface area contributed by atoms with Crippen LogP contribution in [0.15, 0.2) is 52.3 Å². The highest BCUT2D eigenvalue weighted by atomic mass is 35.5. The Bertz CT molecular complexity index is 1160. The van der Waals surface area contributed by atoms with E-state index in [2.05, 4.69) is 36.2 Å². The molecular weight excluding hydrogens is 486 g/mol. The van der Waals surface area contributed by atoms with Gasteiger partial charge >= 0.3 is 0 Å². The molecule has 0 radical (unpaired) electrons. The number of thioether (sulfide) groups is 1. The second kappa shape index (κ2) is 11.5. The molecule has 32 heavy (non-hydrogen) atoms. The van der Waals surface area contributed by atoms with Crippen LogP contribution in [0.1, 0.15) is 12.0 Å². The molecule has 0 spiro atoms. The molecule has 174 valence electrons. The van der Waals surface area contributed by atoms with E-state index in [-0.39, 0.29) is 23.2 Å². The van der Waals surface area contributed by atoms with E-state index in [0.29, 0.717) is 35.9 Å². The van der Waals surface area contributed by atoms with Crippen molar-refractivity contribution in [2.24, 2.45) is 0 Å². The molecule has 0 bridgehead atoms. The van der Waals surface area contributed by atoms with Crippen molar-refractivity contribution in [1.82, 2.24) is 9.88 Å². The van der Waals surface area contributed by atoms with E-state index in [1.807, 2.05) is 19.0 Å². The molecule has 0 saturated heterocycles. The third kappa shape index (κ3) is 7.18. The van der Waals surface area contributed by atoms with Gasteiger partial charge in [-0.05, 0) is 51.4 Å². The van der Waals surface area contributed by atoms with Crippen molar-refractivity contribution in [2.45, 2.75) is 23.1 Å². The van der Waals surface area contributed by atoms with E-state index >= 15 is 0 Å². The maximum absolute atomic E-state index is 13.1. The molecule has 0 N–H and O–H groups in total. The smallest absolute Gasteiger partial charge is 0.229 e. The third-order valence-corrected chi connectivity index (χ3v) is 7.85. The minimum Gasteiger partial charge on any atom is -0.308 e. The van der Waals surface area contributed by atoms with Gasteiger partial charge < -0.3 is 4.90 Å². The summed E-state index contributed by atoms with van der Waals surface area (Å²) in [6.45, 7) is 3.29. The number of likely N-dealkylation sites (N-methyl/N-ethyl adjacent to an activating group) is 1. The Labute approximate surface area is 204 Å². The molecule has 0 atom stereocenters. The standard InChI is InChI=1S/C22H27N3O3S3.ClH/c1-16-5-7-17(8-6-16)29-14-11-21(26)25(13-12-24(2)3)22-23-19-10-9-18(31(4,27)28)15-20(19)30-22;/h5-10,15H,11-14H2,1-4H3;1H. The van der Waals surface area contributed by atoms with E-state index < -0.39 is 9.84 Å². The van der Waals surface area contributed by atoms with Crippen LogP contribution < -0.4 is 4.90 Å². The molecule has 1 aromatic heterocycles. The quantitative estimate of drug-likeness (QED) is 0.392. The lowest BCUT2D eigenvalue weighted by atomic mass is 10.2. The van der Waals surface area contributed by atoms with Crippen molar-refractivity contribution in [3.05, 3.63) is 48.0 Å². The Kier molecular flexibility index (Phi) is 9.53. The molecule has 0 aliphatic carbocycles. The van der Waals surface area contributed by atoms with Gasteiger partial charge in [-0.3, -0.25) is 9.69 Å². The van der Waals surface area contributed by atoms with Gasteiger partial charge in [0.1, 0.15) is 0 Å². The molecule has 10 heteroatoms. The summed E-state index contributed by atoms with van der Waals surface area (Å²) in [6, 6.07) is 13.2. The second-order valence-corrected chi connectivity index (χ2v) is 11.9. The molecule has 3 aromatic rings. The molecule has 1 amide bonds.